The predicted octanol–water partition coefficient (Wildman–Crippen LogP) is 3.07. The minimum atomic E-state index is -1.17. The molecule has 1 rings (SSSR count). The monoisotopic (exact) mass is 278 g/mol. The third-order valence-corrected chi connectivity index (χ3v) is 5.47. The Hall–Kier alpha value is -1.39. The van der Waals surface area contributed by atoms with Crippen LogP contribution in [0.3, 0.4) is 0 Å². The molecule has 0 amide bonds. The molecule has 0 N–H and O–H groups in total. The van der Waals surface area contributed by atoms with Crippen molar-refractivity contribution in [1.29, 1.82) is 0 Å². The van der Waals surface area contributed by atoms with E-state index >= 15 is 0 Å². The Morgan fingerprint density at radius 2 is 2.11 bits per heavy atom. The van der Waals surface area contributed by atoms with E-state index in [2.05, 4.69) is 25.6 Å². The predicted molar refractivity (Wildman–Crippen MR) is 79.4 cm³/mol. The van der Waals surface area contributed by atoms with Gasteiger partial charge in [-0.1, -0.05) is 43.8 Å². The highest BCUT2D eigenvalue weighted by atomic mass is 28.3. The molecule has 1 aromatic carbocycles. The van der Waals surface area contributed by atoms with Crippen LogP contribution in [0.25, 0.3) is 0 Å². The third kappa shape index (κ3) is 6.93. The Morgan fingerprint density at radius 3 is 2.74 bits per heavy atom. The van der Waals surface area contributed by atoms with Gasteiger partial charge in [0.1, 0.15) is 0 Å². The first-order valence-electron chi connectivity index (χ1n) is 6.71. The van der Waals surface area contributed by atoms with Gasteiger partial charge in [-0.05, 0) is 24.1 Å². The zero-order valence-electron chi connectivity index (χ0n) is 11.5. The summed E-state index contributed by atoms with van der Waals surface area (Å²) in [6.07, 6.45) is 2.07. The molecule has 19 heavy (non-hydrogen) atoms. The van der Waals surface area contributed by atoms with Crippen LogP contribution in [0.2, 0.25) is 12.1 Å². The molecular weight excluding hydrogens is 256 g/mol. The second-order valence-electron chi connectivity index (χ2n) is 4.34. The highest BCUT2D eigenvalue weighted by Crippen LogP contribution is 2.09. The molecule has 0 saturated carbocycles. The fourth-order valence-corrected chi connectivity index (χ4v) is 3.60. The Morgan fingerprint density at radius 1 is 1.37 bits per heavy atom. The van der Waals surface area contributed by atoms with Crippen LogP contribution in [0.5, 0.6) is 0 Å². The van der Waals surface area contributed by atoms with Gasteiger partial charge in [-0.15, -0.1) is 0 Å². The second-order valence-corrected chi connectivity index (χ2v) is 7.31. The number of benzene rings is 1. The summed E-state index contributed by atoms with van der Waals surface area (Å²) >= 11 is 0. The van der Waals surface area contributed by atoms with E-state index in [1.807, 2.05) is 18.2 Å². The van der Waals surface area contributed by atoms with Gasteiger partial charge in [0.2, 0.25) is 0 Å². The van der Waals surface area contributed by atoms with E-state index in [-0.39, 0.29) is 5.97 Å². The van der Waals surface area contributed by atoms with Crippen molar-refractivity contribution in [1.82, 2.24) is 0 Å². The lowest BCUT2D eigenvalue weighted by Gasteiger charge is -2.14. The Bertz CT molecular complexity index is 378. The fraction of sp³-hybridized carbons (Fsp3) is 0.400. The van der Waals surface area contributed by atoms with Crippen molar-refractivity contribution in [2.24, 2.45) is 0 Å². The van der Waals surface area contributed by atoms with E-state index in [9.17, 15) is 4.79 Å². The van der Waals surface area contributed by atoms with Crippen molar-refractivity contribution >= 4 is 15.0 Å². The van der Waals surface area contributed by atoms with E-state index < -0.39 is 9.04 Å². The molecule has 0 fully saturated rings. The molecule has 0 radical (unpaired) electrons. The van der Waals surface area contributed by atoms with Crippen LogP contribution in [0.15, 0.2) is 43.0 Å². The molecule has 0 spiro atoms. The SMILES string of the molecule is C=CC(=O)OCCC[SiH](CC)OCc1ccccc1. The minimum absolute atomic E-state index is 0.347. The van der Waals surface area contributed by atoms with E-state index in [1.54, 1.807) is 0 Å². The molecule has 1 atom stereocenters. The van der Waals surface area contributed by atoms with Crippen LogP contribution in [0.4, 0.5) is 0 Å². The van der Waals surface area contributed by atoms with Crippen LogP contribution < -0.4 is 0 Å². The van der Waals surface area contributed by atoms with Gasteiger partial charge in [0, 0.05) is 6.08 Å². The Balaban J connectivity index is 2.19. The molecule has 3 nitrogen and oxygen atoms in total. The number of hydrogen-bond acceptors (Lipinski definition) is 3. The number of hydrogen-bond donors (Lipinski definition) is 0. The molecule has 0 aliphatic rings. The number of esters is 1. The highest BCUT2D eigenvalue weighted by Gasteiger charge is 2.09. The summed E-state index contributed by atoms with van der Waals surface area (Å²) in [5.41, 5.74) is 1.21. The van der Waals surface area contributed by atoms with Crippen LogP contribution in [0.1, 0.15) is 18.9 Å². The topological polar surface area (TPSA) is 35.5 Å². The van der Waals surface area contributed by atoms with Gasteiger partial charge in [-0.25, -0.2) is 4.79 Å². The summed E-state index contributed by atoms with van der Waals surface area (Å²) in [6, 6.07) is 12.3. The van der Waals surface area contributed by atoms with E-state index in [4.69, 9.17) is 9.16 Å². The van der Waals surface area contributed by atoms with Crippen molar-refractivity contribution < 1.29 is 14.0 Å². The molecule has 0 aliphatic heterocycles. The van der Waals surface area contributed by atoms with Crippen molar-refractivity contribution in [3.05, 3.63) is 48.6 Å². The molecule has 1 unspecified atom stereocenters. The van der Waals surface area contributed by atoms with Crippen molar-refractivity contribution in [2.75, 3.05) is 6.61 Å². The average Bonchev–Trinajstić information content (AvgIpc) is 2.47. The zero-order chi connectivity index (χ0) is 13.9. The summed E-state index contributed by atoms with van der Waals surface area (Å²) in [5, 5.41) is 0. The molecule has 0 aliphatic carbocycles. The summed E-state index contributed by atoms with van der Waals surface area (Å²) in [4.78, 5) is 10.9. The standard InChI is InChI=1S/C15H22O3Si/c1-3-15(16)17-11-8-12-19(4-2)18-13-14-9-6-5-7-10-14/h3,5-7,9-10,19H,1,4,8,11-13H2,2H3. The maximum absolute atomic E-state index is 10.9. The first kappa shape index (κ1) is 15.7. The van der Waals surface area contributed by atoms with E-state index in [0.29, 0.717) is 13.2 Å². The third-order valence-electron chi connectivity index (χ3n) is 2.87. The van der Waals surface area contributed by atoms with Crippen LogP contribution in [-0.2, 0) is 20.6 Å². The molecular formula is C15H22O3Si. The molecule has 1 aromatic rings. The maximum Gasteiger partial charge on any atom is 0.330 e. The van der Waals surface area contributed by atoms with Crippen molar-refractivity contribution in [2.45, 2.75) is 32.0 Å². The van der Waals surface area contributed by atoms with Gasteiger partial charge in [0.25, 0.3) is 0 Å². The number of ether oxygens (including phenoxy) is 1. The fourth-order valence-electron chi connectivity index (χ4n) is 1.74. The van der Waals surface area contributed by atoms with Crippen LogP contribution in [0, 0.1) is 0 Å². The maximum atomic E-state index is 10.9. The second kappa shape index (κ2) is 9.53. The largest absolute Gasteiger partial charge is 0.463 e. The molecule has 0 saturated heterocycles. The molecule has 104 valence electrons. The first-order chi connectivity index (χ1) is 9.26. The normalized spacial score (nSPS) is 11.8. The summed E-state index contributed by atoms with van der Waals surface area (Å²) in [7, 11) is -1.17. The summed E-state index contributed by atoms with van der Waals surface area (Å²) in [6.45, 7) is 6.68. The molecule has 0 bridgehead atoms. The number of rotatable bonds is 9. The van der Waals surface area contributed by atoms with Gasteiger partial charge in [0.15, 0.2) is 9.04 Å². The van der Waals surface area contributed by atoms with Crippen molar-refractivity contribution in [3.63, 3.8) is 0 Å². The lowest BCUT2D eigenvalue weighted by molar-refractivity contribution is -0.137. The van der Waals surface area contributed by atoms with E-state index in [0.717, 1.165) is 18.5 Å². The van der Waals surface area contributed by atoms with Gasteiger partial charge >= 0.3 is 5.97 Å². The Kier molecular flexibility index (Phi) is 7.85. The van der Waals surface area contributed by atoms with Crippen molar-refractivity contribution in [3.8, 4) is 0 Å². The quantitative estimate of drug-likeness (QED) is 0.301. The highest BCUT2D eigenvalue weighted by molar-refractivity contribution is 6.51. The summed E-state index contributed by atoms with van der Waals surface area (Å²) in [5.74, 6) is -0.347. The Labute approximate surface area is 117 Å². The van der Waals surface area contributed by atoms with Gasteiger partial charge < -0.3 is 9.16 Å². The van der Waals surface area contributed by atoms with Crippen LogP contribution in [-0.4, -0.2) is 21.6 Å². The van der Waals surface area contributed by atoms with Gasteiger partial charge in [-0.2, -0.15) is 0 Å². The molecule has 4 heteroatoms. The minimum Gasteiger partial charge on any atom is -0.463 e. The van der Waals surface area contributed by atoms with Crippen LogP contribution >= 0.6 is 0 Å². The molecule has 0 aromatic heterocycles. The lowest BCUT2D eigenvalue weighted by Crippen LogP contribution is -2.17. The number of carbonyl (C=O) groups is 1. The lowest BCUT2D eigenvalue weighted by atomic mass is 10.2. The van der Waals surface area contributed by atoms with Gasteiger partial charge in [0.05, 0.1) is 13.2 Å². The smallest absolute Gasteiger partial charge is 0.330 e. The average molecular weight is 278 g/mol. The van der Waals surface area contributed by atoms with Gasteiger partial charge in [-0.3, -0.25) is 0 Å². The molecule has 0 heterocycles. The summed E-state index contributed by atoms with van der Waals surface area (Å²) < 4.78 is 10.9. The number of carbonyl (C=O) groups excluding carboxylic acids is 1. The van der Waals surface area contributed by atoms with E-state index in [1.165, 1.54) is 11.6 Å². The zero-order valence-corrected chi connectivity index (χ0v) is 12.7. The first-order valence-corrected chi connectivity index (χ1v) is 8.81.